The lowest BCUT2D eigenvalue weighted by atomic mass is 10.1. The number of benzene rings is 1. The molecule has 5 heteroatoms. The maximum Gasteiger partial charge on any atom is 0.356 e. The second kappa shape index (κ2) is 4.49. The van der Waals surface area contributed by atoms with E-state index in [1.807, 2.05) is 18.2 Å². The molecule has 1 aromatic carbocycles. The Labute approximate surface area is 97.5 Å². The first-order valence-corrected chi connectivity index (χ1v) is 4.95. The van der Waals surface area contributed by atoms with Crippen molar-refractivity contribution in [3.05, 3.63) is 53.3 Å². The Morgan fingerprint density at radius 3 is 2.59 bits per heavy atom. The van der Waals surface area contributed by atoms with E-state index < -0.39 is 5.97 Å². The van der Waals surface area contributed by atoms with Crippen LogP contribution < -0.4 is 0 Å². The SMILES string of the molecule is N#Cc1ccc(Cn2ccc(C(=O)O)n2)cc1. The van der Waals surface area contributed by atoms with Gasteiger partial charge in [-0.1, -0.05) is 12.1 Å². The number of rotatable bonds is 3. The highest BCUT2D eigenvalue weighted by molar-refractivity contribution is 5.85. The number of hydrogen-bond donors (Lipinski definition) is 1. The van der Waals surface area contributed by atoms with E-state index in [9.17, 15) is 4.79 Å². The zero-order valence-corrected chi connectivity index (χ0v) is 8.87. The molecule has 0 aliphatic carbocycles. The number of aromatic nitrogens is 2. The van der Waals surface area contributed by atoms with Gasteiger partial charge in [-0.05, 0) is 23.8 Å². The molecule has 0 saturated heterocycles. The Bertz CT molecular complexity index is 579. The Balaban J connectivity index is 2.14. The number of hydrogen-bond acceptors (Lipinski definition) is 3. The molecule has 5 nitrogen and oxygen atoms in total. The summed E-state index contributed by atoms with van der Waals surface area (Å²) in [5, 5.41) is 21.3. The zero-order chi connectivity index (χ0) is 12.3. The summed E-state index contributed by atoms with van der Waals surface area (Å²) in [5.41, 5.74) is 1.59. The molecule has 0 radical (unpaired) electrons. The predicted molar refractivity (Wildman–Crippen MR) is 59.4 cm³/mol. The van der Waals surface area contributed by atoms with Crippen LogP contribution in [0.3, 0.4) is 0 Å². The van der Waals surface area contributed by atoms with E-state index in [2.05, 4.69) is 5.10 Å². The first-order valence-electron chi connectivity index (χ1n) is 4.95. The van der Waals surface area contributed by atoms with Crippen molar-refractivity contribution < 1.29 is 9.90 Å². The molecule has 1 N–H and O–H groups in total. The van der Waals surface area contributed by atoms with Crippen molar-refractivity contribution in [1.82, 2.24) is 9.78 Å². The fourth-order valence-electron chi connectivity index (χ4n) is 1.44. The lowest BCUT2D eigenvalue weighted by molar-refractivity contribution is 0.0689. The molecule has 0 unspecified atom stereocenters. The molecule has 2 aromatic rings. The largest absolute Gasteiger partial charge is 0.476 e. The van der Waals surface area contributed by atoms with Crippen molar-refractivity contribution in [3.63, 3.8) is 0 Å². The van der Waals surface area contributed by atoms with Gasteiger partial charge in [-0.25, -0.2) is 4.79 Å². The van der Waals surface area contributed by atoms with Gasteiger partial charge in [0.1, 0.15) is 0 Å². The van der Waals surface area contributed by atoms with E-state index in [1.54, 1.807) is 23.0 Å². The van der Waals surface area contributed by atoms with Gasteiger partial charge in [0.15, 0.2) is 5.69 Å². The molecule has 0 bridgehead atoms. The third-order valence-electron chi connectivity index (χ3n) is 2.29. The standard InChI is InChI=1S/C12H9N3O2/c13-7-9-1-3-10(4-2-9)8-15-6-5-11(14-15)12(16)17/h1-6H,8H2,(H,16,17). The Morgan fingerprint density at radius 2 is 2.06 bits per heavy atom. The number of nitriles is 1. The Hall–Kier alpha value is -2.61. The summed E-state index contributed by atoms with van der Waals surface area (Å²) >= 11 is 0. The van der Waals surface area contributed by atoms with E-state index in [0.29, 0.717) is 12.1 Å². The van der Waals surface area contributed by atoms with Crippen LogP contribution >= 0.6 is 0 Å². The minimum Gasteiger partial charge on any atom is -0.476 e. The van der Waals surface area contributed by atoms with E-state index in [0.717, 1.165) is 5.56 Å². The molecular formula is C12H9N3O2. The van der Waals surface area contributed by atoms with Gasteiger partial charge in [-0.15, -0.1) is 0 Å². The highest BCUT2D eigenvalue weighted by Gasteiger charge is 2.06. The van der Waals surface area contributed by atoms with Crippen molar-refractivity contribution in [1.29, 1.82) is 5.26 Å². The second-order valence-corrected chi connectivity index (χ2v) is 3.51. The van der Waals surface area contributed by atoms with Gasteiger partial charge in [0, 0.05) is 6.20 Å². The maximum atomic E-state index is 10.6. The molecule has 17 heavy (non-hydrogen) atoms. The molecule has 0 aliphatic heterocycles. The monoisotopic (exact) mass is 227 g/mol. The minimum atomic E-state index is -1.04. The quantitative estimate of drug-likeness (QED) is 0.861. The Kier molecular flexibility index (Phi) is 2.88. The van der Waals surface area contributed by atoms with Crippen LogP contribution in [0.5, 0.6) is 0 Å². The number of nitrogens with zero attached hydrogens (tertiary/aromatic N) is 3. The molecule has 0 saturated carbocycles. The summed E-state index contributed by atoms with van der Waals surface area (Å²) in [6.07, 6.45) is 1.61. The molecule has 0 spiro atoms. The van der Waals surface area contributed by atoms with E-state index >= 15 is 0 Å². The predicted octanol–water partition coefficient (Wildman–Crippen LogP) is 1.50. The van der Waals surface area contributed by atoms with Crippen molar-refractivity contribution >= 4 is 5.97 Å². The van der Waals surface area contributed by atoms with Crippen LogP contribution in [0.2, 0.25) is 0 Å². The van der Waals surface area contributed by atoms with Gasteiger partial charge in [0.05, 0.1) is 18.2 Å². The maximum absolute atomic E-state index is 10.6. The number of aromatic carboxylic acids is 1. The van der Waals surface area contributed by atoms with Crippen LogP contribution in [0, 0.1) is 11.3 Å². The van der Waals surface area contributed by atoms with Gasteiger partial charge in [0.25, 0.3) is 0 Å². The third kappa shape index (κ3) is 2.49. The van der Waals surface area contributed by atoms with Crippen LogP contribution in [-0.2, 0) is 6.54 Å². The first kappa shape index (κ1) is 10.9. The molecule has 0 fully saturated rings. The molecule has 0 amide bonds. The summed E-state index contributed by atoms with van der Waals surface area (Å²) in [7, 11) is 0. The molecule has 84 valence electrons. The molecular weight excluding hydrogens is 218 g/mol. The topological polar surface area (TPSA) is 78.9 Å². The fourth-order valence-corrected chi connectivity index (χ4v) is 1.44. The van der Waals surface area contributed by atoms with E-state index in [-0.39, 0.29) is 5.69 Å². The fraction of sp³-hybridized carbons (Fsp3) is 0.0833. The lowest BCUT2D eigenvalue weighted by Gasteiger charge is -2.01. The molecule has 0 aliphatic rings. The minimum absolute atomic E-state index is 0.0265. The summed E-state index contributed by atoms with van der Waals surface area (Å²) in [6, 6.07) is 10.6. The van der Waals surface area contributed by atoms with Crippen LogP contribution in [0.25, 0.3) is 0 Å². The second-order valence-electron chi connectivity index (χ2n) is 3.51. The average molecular weight is 227 g/mol. The van der Waals surface area contributed by atoms with Gasteiger partial charge in [-0.2, -0.15) is 10.4 Å². The van der Waals surface area contributed by atoms with Crippen molar-refractivity contribution in [3.8, 4) is 6.07 Å². The number of carboxylic acids is 1. The van der Waals surface area contributed by atoms with Crippen molar-refractivity contribution in [2.75, 3.05) is 0 Å². The van der Waals surface area contributed by atoms with Crippen molar-refractivity contribution in [2.24, 2.45) is 0 Å². The summed E-state index contributed by atoms with van der Waals surface area (Å²) in [5.74, 6) is -1.04. The molecule has 2 rings (SSSR count). The van der Waals surface area contributed by atoms with E-state index in [1.165, 1.54) is 6.07 Å². The lowest BCUT2D eigenvalue weighted by Crippen LogP contribution is -2.03. The summed E-state index contributed by atoms with van der Waals surface area (Å²) < 4.78 is 1.55. The number of carboxylic acid groups (broad SMARTS) is 1. The van der Waals surface area contributed by atoms with Crippen LogP contribution in [0.15, 0.2) is 36.5 Å². The zero-order valence-electron chi connectivity index (χ0n) is 8.87. The first-order chi connectivity index (χ1) is 8.19. The normalized spacial score (nSPS) is 9.82. The van der Waals surface area contributed by atoms with Gasteiger partial charge in [0.2, 0.25) is 0 Å². The third-order valence-corrected chi connectivity index (χ3v) is 2.29. The van der Waals surface area contributed by atoms with E-state index in [4.69, 9.17) is 10.4 Å². The summed E-state index contributed by atoms with van der Waals surface area (Å²) in [4.78, 5) is 10.6. The molecule has 1 aromatic heterocycles. The van der Waals surface area contributed by atoms with Crippen molar-refractivity contribution in [2.45, 2.75) is 6.54 Å². The smallest absolute Gasteiger partial charge is 0.356 e. The highest BCUT2D eigenvalue weighted by atomic mass is 16.4. The summed E-state index contributed by atoms with van der Waals surface area (Å²) in [6.45, 7) is 0.485. The average Bonchev–Trinajstić information content (AvgIpc) is 2.79. The number of carbonyl (C=O) groups is 1. The Morgan fingerprint density at radius 1 is 1.35 bits per heavy atom. The van der Waals surface area contributed by atoms with Gasteiger partial charge < -0.3 is 5.11 Å². The van der Waals surface area contributed by atoms with Crippen LogP contribution in [0.1, 0.15) is 21.6 Å². The molecule has 1 heterocycles. The highest BCUT2D eigenvalue weighted by Crippen LogP contribution is 2.06. The van der Waals surface area contributed by atoms with Gasteiger partial charge in [-0.3, -0.25) is 4.68 Å². The van der Waals surface area contributed by atoms with Crippen LogP contribution in [-0.4, -0.2) is 20.9 Å². The van der Waals surface area contributed by atoms with Gasteiger partial charge >= 0.3 is 5.97 Å². The molecule has 0 atom stereocenters. The van der Waals surface area contributed by atoms with Crippen LogP contribution in [0.4, 0.5) is 0 Å².